The van der Waals surface area contributed by atoms with E-state index in [0.29, 0.717) is 11.7 Å². The van der Waals surface area contributed by atoms with Gasteiger partial charge in [0.05, 0.1) is 19.9 Å². The topological polar surface area (TPSA) is 67.5 Å². The van der Waals surface area contributed by atoms with Crippen LogP contribution in [0.25, 0.3) is 0 Å². The molecule has 2 aromatic rings. The van der Waals surface area contributed by atoms with Crippen LogP contribution in [-0.4, -0.2) is 42.2 Å². The van der Waals surface area contributed by atoms with Gasteiger partial charge in [-0.2, -0.15) is 0 Å². The molecule has 1 fully saturated rings. The lowest BCUT2D eigenvalue weighted by Gasteiger charge is -2.19. The third kappa shape index (κ3) is 3.43. The summed E-state index contributed by atoms with van der Waals surface area (Å²) < 4.78 is 10.9. The van der Waals surface area contributed by atoms with Gasteiger partial charge in [-0.3, -0.25) is 9.69 Å². The minimum Gasteiger partial charge on any atom is -0.493 e. The van der Waals surface area contributed by atoms with Crippen molar-refractivity contribution in [1.29, 1.82) is 0 Å². The van der Waals surface area contributed by atoms with Crippen molar-refractivity contribution in [2.24, 2.45) is 0 Å². The zero-order valence-corrected chi connectivity index (χ0v) is 14.3. The minimum absolute atomic E-state index is 0.0783. The Labute approximate surface area is 141 Å². The fourth-order valence-corrected chi connectivity index (χ4v) is 3.35. The van der Waals surface area contributed by atoms with Crippen LogP contribution in [0, 0.1) is 6.92 Å². The van der Waals surface area contributed by atoms with Gasteiger partial charge in [-0.25, -0.2) is 4.98 Å². The highest BCUT2D eigenvalue weighted by Crippen LogP contribution is 2.33. The number of H-pyrrole nitrogens is 1. The van der Waals surface area contributed by atoms with Crippen LogP contribution in [0.4, 0.5) is 0 Å². The van der Waals surface area contributed by atoms with Gasteiger partial charge in [-0.15, -0.1) is 0 Å². The number of aromatic amines is 1. The van der Waals surface area contributed by atoms with Crippen molar-refractivity contribution < 1.29 is 9.47 Å². The molecular weight excluding hydrogens is 306 g/mol. The number of hydrogen-bond donors (Lipinski definition) is 1. The maximum Gasteiger partial charge on any atom is 0.251 e. The monoisotopic (exact) mass is 329 g/mol. The molecule has 0 radical (unpaired) electrons. The number of ether oxygens (including phenoxy) is 2. The second kappa shape index (κ2) is 7.05. The fraction of sp³-hybridized carbons (Fsp3) is 0.444. The molecular formula is C18H23N3O3. The summed E-state index contributed by atoms with van der Waals surface area (Å²) >= 11 is 0. The van der Waals surface area contributed by atoms with E-state index < -0.39 is 0 Å². The number of nitrogens with zero attached hydrogens (tertiary/aromatic N) is 2. The van der Waals surface area contributed by atoms with E-state index in [9.17, 15) is 4.79 Å². The highest BCUT2D eigenvalue weighted by atomic mass is 16.5. The summed E-state index contributed by atoms with van der Waals surface area (Å²) in [6.45, 7) is 4.46. The number of rotatable bonds is 5. The lowest BCUT2D eigenvalue weighted by atomic mass is 10.0. The van der Waals surface area contributed by atoms with Gasteiger partial charge >= 0.3 is 0 Å². The zero-order chi connectivity index (χ0) is 17.1. The van der Waals surface area contributed by atoms with Crippen molar-refractivity contribution in [2.75, 3.05) is 27.3 Å². The first-order valence-electron chi connectivity index (χ1n) is 8.10. The Morgan fingerprint density at radius 1 is 1.33 bits per heavy atom. The summed E-state index contributed by atoms with van der Waals surface area (Å²) in [5.41, 5.74) is 1.91. The standard InChI is InChI=1S/C18H23N3O3/c1-12-19-15(9-17(22)20-12)13-7-8-21(10-13)11-14-5-4-6-16(23-2)18(14)24-3/h4-6,9,13H,7-8,10-11H2,1-3H3,(H,19,20,22). The van der Waals surface area contributed by atoms with Gasteiger partial charge in [0, 0.05) is 30.6 Å². The molecule has 1 aliphatic heterocycles. The van der Waals surface area contributed by atoms with Crippen molar-refractivity contribution in [3.8, 4) is 11.5 Å². The molecule has 1 N–H and O–H groups in total. The average Bonchev–Trinajstić information content (AvgIpc) is 3.02. The van der Waals surface area contributed by atoms with Crippen molar-refractivity contribution in [1.82, 2.24) is 14.9 Å². The molecule has 2 heterocycles. The quantitative estimate of drug-likeness (QED) is 0.910. The smallest absolute Gasteiger partial charge is 0.251 e. The molecule has 0 amide bonds. The zero-order valence-electron chi connectivity index (χ0n) is 14.3. The number of benzene rings is 1. The summed E-state index contributed by atoms with van der Waals surface area (Å²) in [5, 5.41) is 0. The van der Waals surface area contributed by atoms with Crippen molar-refractivity contribution in [3.63, 3.8) is 0 Å². The minimum atomic E-state index is -0.0783. The van der Waals surface area contributed by atoms with Gasteiger partial charge in [-0.05, 0) is 26.0 Å². The second-order valence-electron chi connectivity index (χ2n) is 6.13. The fourth-order valence-electron chi connectivity index (χ4n) is 3.35. The molecule has 1 saturated heterocycles. The number of methoxy groups -OCH3 is 2. The van der Waals surface area contributed by atoms with E-state index >= 15 is 0 Å². The number of aryl methyl sites for hydroxylation is 1. The van der Waals surface area contributed by atoms with E-state index in [1.807, 2.05) is 19.1 Å². The maximum absolute atomic E-state index is 11.7. The van der Waals surface area contributed by atoms with E-state index in [0.717, 1.165) is 48.8 Å². The SMILES string of the molecule is COc1cccc(CN2CCC(c3cc(=O)[nH]c(C)n3)C2)c1OC. The molecule has 1 atom stereocenters. The third-order valence-corrected chi connectivity index (χ3v) is 4.45. The largest absolute Gasteiger partial charge is 0.493 e. The molecule has 1 aromatic carbocycles. The summed E-state index contributed by atoms with van der Waals surface area (Å²) in [5.74, 6) is 2.50. The Morgan fingerprint density at radius 2 is 2.17 bits per heavy atom. The van der Waals surface area contributed by atoms with Gasteiger partial charge in [0.25, 0.3) is 5.56 Å². The van der Waals surface area contributed by atoms with Crippen LogP contribution in [0.5, 0.6) is 11.5 Å². The molecule has 1 aromatic heterocycles. The van der Waals surface area contributed by atoms with E-state index in [-0.39, 0.29) is 5.56 Å². The molecule has 0 spiro atoms. The highest BCUT2D eigenvalue weighted by molar-refractivity contribution is 5.46. The Hall–Kier alpha value is -2.34. The first-order valence-corrected chi connectivity index (χ1v) is 8.10. The van der Waals surface area contributed by atoms with Crippen LogP contribution in [-0.2, 0) is 6.54 Å². The van der Waals surface area contributed by atoms with Crippen LogP contribution < -0.4 is 15.0 Å². The van der Waals surface area contributed by atoms with Crippen LogP contribution in [0.3, 0.4) is 0 Å². The Bertz CT molecular complexity index is 772. The summed E-state index contributed by atoms with van der Waals surface area (Å²) in [7, 11) is 3.31. The first kappa shape index (κ1) is 16.5. The van der Waals surface area contributed by atoms with Gasteiger partial charge in [0.15, 0.2) is 11.5 Å². The Morgan fingerprint density at radius 3 is 2.88 bits per heavy atom. The van der Waals surface area contributed by atoms with E-state index in [1.165, 1.54) is 0 Å². The van der Waals surface area contributed by atoms with Crippen LogP contribution in [0.1, 0.15) is 29.4 Å². The number of likely N-dealkylation sites (tertiary alicyclic amines) is 1. The molecule has 0 bridgehead atoms. The van der Waals surface area contributed by atoms with E-state index in [2.05, 4.69) is 20.9 Å². The van der Waals surface area contributed by atoms with Gasteiger partial charge in [-0.1, -0.05) is 12.1 Å². The molecule has 1 unspecified atom stereocenters. The molecule has 6 nitrogen and oxygen atoms in total. The summed E-state index contributed by atoms with van der Waals surface area (Å²) in [4.78, 5) is 21.2. The van der Waals surface area contributed by atoms with Gasteiger partial charge < -0.3 is 14.5 Å². The lowest BCUT2D eigenvalue weighted by molar-refractivity contribution is 0.308. The number of aromatic nitrogens is 2. The Kier molecular flexibility index (Phi) is 4.85. The third-order valence-electron chi connectivity index (χ3n) is 4.45. The molecule has 3 rings (SSSR count). The van der Waals surface area contributed by atoms with E-state index in [4.69, 9.17) is 9.47 Å². The number of hydrogen-bond acceptors (Lipinski definition) is 5. The predicted molar refractivity (Wildman–Crippen MR) is 91.8 cm³/mol. The normalized spacial score (nSPS) is 17.9. The Balaban J connectivity index is 1.74. The molecule has 0 aliphatic carbocycles. The summed E-state index contributed by atoms with van der Waals surface area (Å²) in [6.07, 6.45) is 1.00. The maximum atomic E-state index is 11.7. The molecule has 128 valence electrons. The van der Waals surface area contributed by atoms with Gasteiger partial charge in [0.1, 0.15) is 5.82 Å². The van der Waals surface area contributed by atoms with E-state index in [1.54, 1.807) is 20.3 Å². The van der Waals surface area contributed by atoms with Gasteiger partial charge in [0.2, 0.25) is 0 Å². The molecule has 0 saturated carbocycles. The predicted octanol–water partition coefficient (Wildman–Crippen LogP) is 2.09. The highest BCUT2D eigenvalue weighted by Gasteiger charge is 2.26. The number of para-hydroxylation sites is 1. The molecule has 1 aliphatic rings. The van der Waals surface area contributed by atoms with Crippen LogP contribution >= 0.6 is 0 Å². The van der Waals surface area contributed by atoms with Crippen molar-refractivity contribution >= 4 is 0 Å². The lowest BCUT2D eigenvalue weighted by Crippen LogP contribution is -2.21. The number of nitrogens with one attached hydrogen (secondary N) is 1. The van der Waals surface area contributed by atoms with Crippen LogP contribution in [0.2, 0.25) is 0 Å². The first-order chi connectivity index (χ1) is 11.6. The van der Waals surface area contributed by atoms with Crippen molar-refractivity contribution in [2.45, 2.75) is 25.8 Å². The molecule has 6 heteroatoms. The summed E-state index contributed by atoms with van der Waals surface area (Å²) in [6, 6.07) is 7.56. The van der Waals surface area contributed by atoms with Crippen molar-refractivity contribution in [3.05, 3.63) is 51.7 Å². The second-order valence-corrected chi connectivity index (χ2v) is 6.13. The average molecular weight is 329 g/mol. The molecule has 24 heavy (non-hydrogen) atoms. The van der Waals surface area contributed by atoms with Crippen LogP contribution in [0.15, 0.2) is 29.1 Å².